The van der Waals surface area contributed by atoms with Crippen molar-refractivity contribution in [1.29, 1.82) is 0 Å². The third kappa shape index (κ3) is 2.83. The van der Waals surface area contributed by atoms with Gasteiger partial charge in [0.25, 0.3) is 5.91 Å². The highest BCUT2D eigenvalue weighted by Crippen LogP contribution is 2.31. The number of halogens is 3. The fraction of sp³-hybridized carbons (Fsp3) is 0.545. The Kier molecular flexibility index (Phi) is 3.70. The number of nitrogens with zero attached hydrogens (tertiary/aromatic N) is 3. The van der Waals surface area contributed by atoms with Crippen molar-refractivity contribution in [3.8, 4) is 0 Å². The molecule has 1 aromatic heterocycles. The number of carbonyl (C=O) groups excluding carboxylic acids is 1. The fourth-order valence-electron chi connectivity index (χ4n) is 2.05. The van der Waals surface area contributed by atoms with Gasteiger partial charge in [-0.2, -0.15) is 13.2 Å². The molecule has 0 bridgehead atoms. The third-order valence-corrected chi connectivity index (χ3v) is 2.87. The highest BCUT2D eigenvalue weighted by atomic mass is 19.4. The summed E-state index contributed by atoms with van der Waals surface area (Å²) in [5.74, 6) is -0.787. The number of hydrogen-bond acceptors (Lipinski definition) is 4. The van der Waals surface area contributed by atoms with Gasteiger partial charge in [-0.05, 0) is 6.92 Å². The minimum atomic E-state index is -4.54. The molecule has 19 heavy (non-hydrogen) atoms. The Hall–Kier alpha value is -1.70. The zero-order chi connectivity index (χ0) is 14.0. The molecule has 0 radical (unpaired) electrons. The highest BCUT2D eigenvalue weighted by molar-refractivity contribution is 5.92. The van der Waals surface area contributed by atoms with Crippen LogP contribution in [0.5, 0.6) is 0 Å². The second kappa shape index (κ2) is 5.12. The van der Waals surface area contributed by atoms with Crippen molar-refractivity contribution in [3.63, 3.8) is 0 Å². The summed E-state index contributed by atoms with van der Waals surface area (Å²) in [7, 11) is 0. The SMILES string of the molecule is C[C@@H]1OCCN(C(=O)c2cnccn2)[C@@H]1C(F)(F)F. The number of morpholine rings is 1. The first kappa shape index (κ1) is 13.7. The maximum atomic E-state index is 13.0. The van der Waals surface area contributed by atoms with E-state index in [2.05, 4.69) is 9.97 Å². The molecular weight excluding hydrogens is 263 g/mol. The van der Waals surface area contributed by atoms with Gasteiger partial charge in [-0.15, -0.1) is 0 Å². The zero-order valence-corrected chi connectivity index (χ0v) is 10.1. The van der Waals surface area contributed by atoms with Gasteiger partial charge in [0.15, 0.2) is 6.04 Å². The summed E-state index contributed by atoms with van der Waals surface area (Å²) in [6.07, 6.45) is -1.89. The molecule has 2 rings (SSSR count). The molecule has 1 aliphatic heterocycles. The molecule has 0 spiro atoms. The molecular formula is C11H12F3N3O2. The summed E-state index contributed by atoms with van der Waals surface area (Å²) in [6, 6.07) is -1.96. The van der Waals surface area contributed by atoms with E-state index < -0.39 is 24.2 Å². The normalized spacial score (nSPS) is 24.3. The van der Waals surface area contributed by atoms with Gasteiger partial charge in [0.1, 0.15) is 5.69 Å². The number of aromatic nitrogens is 2. The quantitative estimate of drug-likeness (QED) is 0.774. The summed E-state index contributed by atoms with van der Waals surface area (Å²) >= 11 is 0. The standard InChI is InChI=1S/C11H12F3N3O2/c1-7-9(11(12,13)14)17(4-5-19-7)10(18)8-6-15-2-3-16-8/h2-3,6-7,9H,4-5H2,1H3/t7-,9-/m0/s1. The molecule has 5 nitrogen and oxygen atoms in total. The molecule has 0 aliphatic carbocycles. The predicted octanol–water partition coefficient (Wildman–Crippen LogP) is 1.27. The average Bonchev–Trinajstić information content (AvgIpc) is 2.37. The van der Waals surface area contributed by atoms with Crippen LogP contribution < -0.4 is 0 Å². The molecule has 2 heterocycles. The average molecular weight is 275 g/mol. The van der Waals surface area contributed by atoms with E-state index in [0.717, 1.165) is 11.1 Å². The second-order valence-corrected chi connectivity index (χ2v) is 4.15. The molecule has 1 amide bonds. The van der Waals surface area contributed by atoms with Gasteiger partial charge >= 0.3 is 6.18 Å². The number of hydrogen-bond donors (Lipinski definition) is 0. The number of alkyl halides is 3. The fourth-order valence-corrected chi connectivity index (χ4v) is 2.05. The Balaban J connectivity index is 2.28. The van der Waals surface area contributed by atoms with Crippen LogP contribution in [-0.2, 0) is 4.74 Å². The van der Waals surface area contributed by atoms with Crippen LogP contribution in [0.3, 0.4) is 0 Å². The largest absolute Gasteiger partial charge is 0.411 e. The minimum absolute atomic E-state index is 0.0692. The monoisotopic (exact) mass is 275 g/mol. The lowest BCUT2D eigenvalue weighted by atomic mass is 10.1. The van der Waals surface area contributed by atoms with Crippen LogP contribution in [0.25, 0.3) is 0 Å². The third-order valence-electron chi connectivity index (χ3n) is 2.87. The molecule has 1 aromatic rings. The topological polar surface area (TPSA) is 55.3 Å². The Morgan fingerprint density at radius 1 is 1.47 bits per heavy atom. The van der Waals surface area contributed by atoms with Gasteiger partial charge < -0.3 is 9.64 Å². The van der Waals surface area contributed by atoms with Gasteiger partial charge in [0.05, 0.1) is 18.9 Å². The molecule has 1 fully saturated rings. The van der Waals surface area contributed by atoms with Crippen LogP contribution in [0, 0.1) is 0 Å². The van der Waals surface area contributed by atoms with E-state index in [4.69, 9.17) is 4.74 Å². The van der Waals surface area contributed by atoms with Crippen molar-refractivity contribution in [2.45, 2.75) is 25.2 Å². The van der Waals surface area contributed by atoms with E-state index in [0.29, 0.717) is 0 Å². The maximum absolute atomic E-state index is 13.0. The van der Waals surface area contributed by atoms with Gasteiger partial charge in [-0.25, -0.2) is 4.98 Å². The summed E-state index contributed by atoms with van der Waals surface area (Å²) in [6.45, 7) is 1.25. The van der Waals surface area contributed by atoms with Crippen molar-refractivity contribution in [2.24, 2.45) is 0 Å². The molecule has 0 aromatic carbocycles. The number of rotatable bonds is 1. The van der Waals surface area contributed by atoms with Crippen molar-refractivity contribution in [1.82, 2.24) is 14.9 Å². The lowest BCUT2D eigenvalue weighted by Crippen LogP contribution is -2.59. The van der Waals surface area contributed by atoms with Gasteiger partial charge in [0, 0.05) is 18.9 Å². The zero-order valence-electron chi connectivity index (χ0n) is 10.1. The van der Waals surface area contributed by atoms with Gasteiger partial charge in [0.2, 0.25) is 0 Å². The van der Waals surface area contributed by atoms with Crippen LogP contribution >= 0.6 is 0 Å². The molecule has 1 saturated heterocycles. The van der Waals surface area contributed by atoms with Crippen molar-refractivity contribution in [3.05, 3.63) is 24.3 Å². The van der Waals surface area contributed by atoms with E-state index in [-0.39, 0.29) is 18.8 Å². The maximum Gasteiger partial charge on any atom is 0.411 e. The van der Waals surface area contributed by atoms with Gasteiger partial charge in [-0.3, -0.25) is 9.78 Å². The molecule has 2 atom stereocenters. The Labute approximate surface area is 107 Å². The van der Waals surface area contributed by atoms with Crippen molar-refractivity contribution in [2.75, 3.05) is 13.2 Å². The molecule has 1 aliphatic rings. The number of carbonyl (C=O) groups is 1. The summed E-state index contributed by atoms with van der Waals surface area (Å²) in [5.41, 5.74) is -0.106. The molecule has 0 saturated carbocycles. The van der Waals surface area contributed by atoms with Crippen LogP contribution in [-0.4, -0.2) is 52.2 Å². The van der Waals surface area contributed by atoms with Crippen LogP contribution in [0.1, 0.15) is 17.4 Å². The summed E-state index contributed by atoms with van der Waals surface area (Å²) < 4.78 is 44.0. The number of ether oxygens (including phenoxy) is 1. The van der Waals surface area contributed by atoms with E-state index in [1.165, 1.54) is 19.3 Å². The van der Waals surface area contributed by atoms with Gasteiger partial charge in [-0.1, -0.05) is 0 Å². The smallest absolute Gasteiger partial charge is 0.374 e. The van der Waals surface area contributed by atoms with Crippen molar-refractivity contribution >= 4 is 5.91 Å². The van der Waals surface area contributed by atoms with E-state index in [1.54, 1.807) is 0 Å². The molecule has 104 valence electrons. The Morgan fingerprint density at radius 3 is 2.79 bits per heavy atom. The van der Waals surface area contributed by atoms with E-state index >= 15 is 0 Å². The lowest BCUT2D eigenvalue weighted by Gasteiger charge is -2.40. The Morgan fingerprint density at radius 2 is 2.21 bits per heavy atom. The van der Waals surface area contributed by atoms with Crippen molar-refractivity contribution < 1.29 is 22.7 Å². The number of amides is 1. The predicted molar refractivity (Wildman–Crippen MR) is 58.3 cm³/mol. The summed E-state index contributed by atoms with van der Waals surface area (Å²) in [5, 5.41) is 0. The minimum Gasteiger partial charge on any atom is -0.374 e. The molecule has 8 heteroatoms. The second-order valence-electron chi connectivity index (χ2n) is 4.15. The van der Waals surface area contributed by atoms with E-state index in [1.807, 2.05) is 0 Å². The first-order valence-electron chi connectivity index (χ1n) is 5.66. The molecule has 0 N–H and O–H groups in total. The van der Waals surface area contributed by atoms with Crippen LogP contribution in [0.2, 0.25) is 0 Å². The Bertz CT molecular complexity index is 452. The highest BCUT2D eigenvalue weighted by Gasteiger charge is 2.51. The van der Waals surface area contributed by atoms with E-state index in [9.17, 15) is 18.0 Å². The summed E-state index contributed by atoms with van der Waals surface area (Å²) in [4.78, 5) is 20.2. The van der Waals surface area contributed by atoms with Crippen LogP contribution in [0.15, 0.2) is 18.6 Å². The first-order chi connectivity index (χ1) is 8.91. The molecule has 0 unspecified atom stereocenters. The van der Waals surface area contributed by atoms with Crippen LogP contribution in [0.4, 0.5) is 13.2 Å². The lowest BCUT2D eigenvalue weighted by molar-refractivity contribution is -0.220. The first-order valence-corrected chi connectivity index (χ1v) is 5.66.